The number of likely N-dealkylation sites (tertiary alicyclic amines) is 1. The third kappa shape index (κ3) is 2.45. The van der Waals surface area contributed by atoms with Gasteiger partial charge >= 0.3 is 0 Å². The maximum atomic E-state index is 9.81. The molecule has 2 rings (SSSR count). The van der Waals surface area contributed by atoms with Crippen molar-refractivity contribution in [2.24, 2.45) is 0 Å². The molecule has 0 radical (unpaired) electrons. The van der Waals surface area contributed by atoms with Gasteiger partial charge in [-0.25, -0.2) is 0 Å². The standard InChI is InChI=1S/C14H21NO/c1-11(2)15-9-8-13(16)10-14(15)12-6-4-3-5-7-12/h3-7,11,13-14,16H,8-10H2,1-2H3. The monoisotopic (exact) mass is 219 g/mol. The number of rotatable bonds is 2. The molecule has 1 aromatic carbocycles. The van der Waals surface area contributed by atoms with Crippen molar-refractivity contribution in [3.8, 4) is 0 Å². The zero-order valence-corrected chi connectivity index (χ0v) is 10.1. The molecule has 1 saturated heterocycles. The fourth-order valence-corrected chi connectivity index (χ4v) is 2.59. The number of aliphatic hydroxyl groups is 1. The molecule has 16 heavy (non-hydrogen) atoms. The Hall–Kier alpha value is -0.860. The molecule has 0 saturated carbocycles. The molecule has 1 fully saturated rings. The molecule has 2 unspecified atom stereocenters. The van der Waals surface area contributed by atoms with Crippen LogP contribution in [0.5, 0.6) is 0 Å². The average Bonchev–Trinajstić information content (AvgIpc) is 2.29. The van der Waals surface area contributed by atoms with Gasteiger partial charge in [-0.1, -0.05) is 30.3 Å². The van der Waals surface area contributed by atoms with Gasteiger partial charge in [-0.2, -0.15) is 0 Å². The quantitative estimate of drug-likeness (QED) is 0.826. The molecule has 2 atom stereocenters. The summed E-state index contributed by atoms with van der Waals surface area (Å²) in [6.45, 7) is 5.46. The lowest BCUT2D eigenvalue weighted by molar-refractivity contribution is 0.0242. The van der Waals surface area contributed by atoms with Crippen LogP contribution in [-0.2, 0) is 0 Å². The van der Waals surface area contributed by atoms with Gasteiger partial charge in [-0.05, 0) is 32.3 Å². The third-order valence-electron chi connectivity index (χ3n) is 3.46. The van der Waals surface area contributed by atoms with E-state index in [0.29, 0.717) is 12.1 Å². The van der Waals surface area contributed by atoms with Crippen molar-refractivity contribution in [3.63, 3.8) is 0 Å². The van der Waals surface area contributed by atoms with Crippen molar-refractivity contribution in [1.82, 2.24) is 4.90 Å². The van der Waals surface area contributed by atoms with Crippen LogP contribution < -0.4 is 0 Å². The predicted molar refractivity (Wildman–Crippen MR) is 66.3 cm³/mol. The fourth-order valence-electron chi connectivity index (χ4n) is 2.59. The summed E-state index contributed by atoms with van der Waals surface area (Å²) in [7, 11) is 0. The number of piperidine rings is 1. The van der Waals surface area contributed by atoms with Crippen LogP contribution in [0.25, 0.3) is 0 Å². The molecule has 1 aromatic rings. The van der Waals surface area contributed by atoms with E-state index >= 15 is 0 Å². The van der Waals surface area contributed by atoms with Crippen LogP contribution in [-0.4, -0.2) is 28.7 Å². The molecule has 0 amide bonds. The fraction of sp³-hybridized carbons (Fsp3) is 0.571. The highest BCUT2D eigenvalue weighted by Crippen LogP contribution is 2.32. The van der Waals surface area contributed by atoms with E-state index in [2.05, 4.69) is 43.0 Å². The van der Waals surface area contributed by atoms with Gasteiger partial charge in [-0.3, -0.25) is 4.90 Å². The van der Waals surface area contributed by atoms with Crippen LogP contribution >= 0.6 is 0 Å². The van der Waals surface area contributed by atoms with E-state index in [4.69, 9.17) is 0 Å². The highest BCUT2D eigenvalue weighted by atomic mass is 16.3. The summed E-state index contributed by atoms with van der Waals surface area (Å²) in [5.41, 5.74) is 1.33. The second-order valence-corrected chi connectivity index (χ2v) is 4.94. The topological polar surface area (TPSA) is 23.5 Å². The maximum absolute atomic E-state index is 9.81. The summed E-state index contributed by atoms with van der Waals surface area (Å²) >= 11 is 0. The first kappa shape index (κ1) is 11.6. The molecule has 88 valence electrons. The smallest absolute Gasteiger partial charge is 0.0570 e. The van der Waals surface area contributed by atoms with Crippen LogP contribution in [0.2, 0.25) is 0 Å². The Labute approximate surface area is 97.9 Å². The summed E-state index contributed by atoms with van der Waals surface area (Å²) in [4.78, 5) is 2.49. The second-order valence-electron chi connectivity index (χ2n) is 4.94. The van der Waals surface area contributed by atoms with Gasteiger partial charge in [0.25, 0.3) is 0 Å². The van der Waals surface area contributed by atoms with E-state index in [1.165, 1.54) is 5.56 Å². The molecule has 1 aliphatic rings. The first-order valence-electron chi connectivity index (χ1n) is 6.17. The largest absolute Gasteiger partial charge is 0.393 e. The summed E-state index contributed by atoms with van der Waals surface area (Å²) in [6, 6.07) is 11.4. The summed E-state index contributed by atoms with van der Waals surface area (Å²) in [5.74, 6) is 0. The van der Waals surface area contributed by atoms with Crippen molar-refractivity contribution in [1.29, 1.82) is 0 Å². The molecule has 1 N–H and O–H groups in total. The van der Waals surface area contributed by atoms with Crippen LogP contribution in [0, 0.1) is 0 Å². The predicted octanol–water partition coefficient (Wildman–Crippen LogP) is 2.59. The number of hydrogen-bond acceptors (Lipinski definition) is 2. The number of hydrogen-bond donors (Lipinski definition) is 1. The molecule has 0 spiro atoms. The first-order valence-corrected chi connectivity index (χ1v) is 6.17. The van der Waals surface area contributed by atoms with Crippen molar-refractivity contribution >= 4 is 0 Å². The number of nitrogens with zero attached hydrogens (tertiary/aromatic N) is 1. The normalized spacial score (nSPS) is 27.2. The zero-order chi connectivity index (χ0) is 11.5. The number of benzene rings is 1. The minimum Gasteiger partial charge on any atom is -0.393 e. The van der Waals surface area contributed by atoms with Crippen LogP contribution in [0.3, 0.4) is 0 Å². The zero-order valence-electron chi connectivity index (χ0n) is 10.1. The Morgan fingerprint density at radius 3 is 2.56 bits per heavy atom. The minimum atomic E-state index is -0.139. The van der Waals surface area contributed by atoms with E-state index in [0.717, 1.165) is 19.4 Å². The van der Waals surface area contributed by atoms with Crippen LogP contribution in [0.4, 0.5) is 0 Å². The third-order valence-corrected chi connectivity index (χ3v) is 3.46. The van der Waals surface area contributed by atoms with Gasteiger partial charge in [0, 0.05) is 18.6 Å². The van der Waals surface area contributed by atoms with Crippen molar-refractivity contribution < 1.29 is 5.11 Å². The van der Waals surface area contributed by atoms with Crippen molar-refractivity contribution in [2.75, 3.05) is 6.54 Å². The van der Waals surface area contributed by atoms with Gasteiger partial charge in [0.1, 0.15) is 0 Å². The Bertz CT molecular complexity index is 323. The molecular formula is C14H21NO. The lowest BCUT2D eigenvalue weighted by atomic mass is 9.92. The van der Waals surface area contributed by atoms with Gasteiger partial charge in [0.05, 0.1) is 6.10 Å². The molecule has 1 heterocycles. The van der Waals surface area contributed by atoms with E-state index in [1.807, 2.05) is 6.07 Å². The Morgan fingerprint density at radius 1 is 1.25 bits per heavy atom. The SMILES string of the molecule is CC(C)N1CCC(O)CC1c1ccccc1. The van der Waals surface area contributed by atoms with E-state index in [-0.39, 0.29) is 6.10 Å². The van der Waals surface area contributed by atoms with E-state index in [9.17, 15) is 5.11 Å². The highest BCUT2D eigenvalue weighted by molar-refractivity contribution is 5.20. The lowest BCUT2D eigenvalue weighted by Gasteiger charge is -2.40. The molecule has 1 aliphatic heterocycles. The van der Waals surface area contributed by atoms with E-state index < -0.39 is 0 Å². The molecular weight excluding hydrogens is 198 g/mol. The lowest BCUT2D eigenvalue weighted by Crippen LogP contribution is -2.42. The van der Waals surface area contributed by atoms with Crippen LogP contribution in [0.15, 0.2) is 30.3 Å². The molecule has 0 aromatic heterocycles. The summed E-state index contributed by atoms with van der Waals surface area (Å²) < 4.78 is 0. The molecule has 0 aliphatic carbocycles. The summed E-state index contributed by atoms with van der Waals surface area (Å²) in [6.07, 6.45) is 1.63. The Morgan fingerprint density at radius 2 is 1.94 bits per heavy atom. The summed E-state index contributed by atoms with van der Waals surface area (Å²) in [5, 5.41) is 9.81. The molecule has 0 bridgehead atoms. The maximum Gasteiger partial charge on any atom is 0.0570 e. The first-order chi connectivity index (χ1) is 7.68. The van der Waals surface area contributed by atoms with Gasteiger partial charge < -0.3 is 5.11 Å². The van der Waals surface area contributed by atoms with E-state index in [1.54, 1.807) is 0 Å². The Balaban J connectivity index is 2.21. The minimum absolute atomic E-state index is 0.139. The molecule has 2 nitrogen and oxygen atoms in total. The number of aliphatic hydroxyl groups excluding tert-OH is 1. The van der Waals surface area contributed by atoms with Gasteiger partial charge in [0.2, 0.25) is 0 Å². The van der Waals surface area contributed by atoms with Gasteiger partial charge in [-0.15, -0.1) is 0 Å². The highest BCUT2D eigenvalue weighted by Gasteiger charge is 2.29. The second kappa shape index (κ2) is 4.98. The Kier molecular flexibility index (Phi) is 3.62. The molecule has 2 heteroatoms. The average molecular weight is 219 g/mol. The van der Waals surface area contributed by atoms with Crippen molar-refractivity contribution in [2.45, 2.75) is 44.9 Å². The van der Waals surface area contributed by atoms with Crippen LogP contribution in [0.1, 0.15) is 38.3 Å². The van der Waals surface area contributed by atoms with Crippen molar-refractivity contribution in [3.05, 3.63) is 35.9 Å². The van der Waals surface area contributed by atoms with Gasteiger partial charge in [0.15, 0.2) is 0 Å².